The van der Waals surface area contributed by atoms with E-state index in [-0.39, 0.29) is 17.8 Å². The number of hydrogen-bond acceptors (Lipinski definition) is 5. The molecule has 0 aromatic heterocycles. The van der Waals surface area contributed by atoms with Crippen LogP contribution in [-0.2, 0) is 0 Å². The third-order valence-corrected chi connectivity index (χ3v) is 4.05. The van der Waals surface area contributed by atoms with Gasteiger partial charge in [-0.2, -0.15) is 0 Å². The highest BCUT2D eigenvalue weighted by molar-refractivity contribution is 7.98. The molecule has 6 nitrogen and oxygen atoms in total. The summed E-state index contributed by atoms with van der Waals surface area (Å²) in [6, 6.07) is 13.0. The van der Waals surface area contributed by atoms with Crippen molar-refractivity contribution in [2.45, 2.75) is 11.0 Å². The Labute approximate surface area is 137 Å². The van der Waals surface area contributed by atoms with Gasteiger partial charge >= 0.3 is 0 Å². The van der Waals surface area contributed by atoms with Gasteiger partial charge in [0.25, 0.3) is 11.6 Å². The van der Waals surface area contributed by atoms with Crippen molar-refractivity contribution in [1.82, 2.24) is 5.32 Å². The molecule has 0 bridgehead atoms. The first kappa shape index (κ1) is 17.0. The minimum absolute atomic E-state index is 0.0243. The van der Waals surface area contributed by atoms with E-state index in [1.165, 1.54) is 18.2 Å². The molecule has 0 aliphatic carbocycles. The summed E-state index contributed by atoms with van der Waals surface area (Å²) in [5, 5.41) is 23.5. The van der Waals surface area contributed by atoms with Gasteiger partial charge in [-0.3, -0.25) is 14.9 Å². The molecular weight excluding hydrogens is 316 g/mol. The molecule has 2 N–H and O–H groups in total. The van der Waals surface area contributed by atoms with Gasteiger partial charge < -0.3 is 10.4 Å². The Morgan fingerprint density at radius 3 is 2.52 bits per heavy atom. The Kier molecular flexibility index (Phi) is 5.72. The van der Waals surface area contributed by atoms with E-state index in [1.54, 1.807) is 30.0 Å². The summed E-state index contributed by atoms with van der Waals surface area (Å²) >= 11 is 1.59. The van der Waals surface area contributed by atoms with Crippen molar-refractivity contribution in [3.8, 4) is 0 Å². The summed E-state index contributed by atoms with van der Waals surface area (Å²) in [4.78, 5) is 23.5. The summed E-state index contributed by atoms with van der Waals surface area (Å²) in [6.45, 7) is -0.0243. The van der Waals surface area contributed by atoms with Gasteiger partial charge in [-0.1, -0.05) is 24.3 Å². The molecule has 7 heteroatoms. The highest BCUT2D eigenvalue weighted by Gasteiger charge is 2.19. The van der Waals surface area contributed by atoms with Gasteiger partial charge in [-0.15, -0.1) is 11.8 Å². The van der Waals surface area contributed by atoms with E-state index < -0.39 is 16.9 Å². The summed E-state index contributed by atoms with van der Waals surface area (Å²) in [5.41, 5.74) is 0.386. The fourth-order valence-corrected chi connectivity index (χ4v) is 2.46. The van der Waals surface area contributed by atoms with Gasteiger partial charge in [0.1, 0.15) is 5.56 Å². The molecule has 2 aromatic carbocycles. The topological polar surface area (TPSA) is 92.5 Å². The molecule has 120 valence electrons. The second kappa shape index (κ2) is 7.75. The van der Waals surface area contributed by atoms with Crippen molar-refractivity contribution in [3.05, 3.63) is 69.8 Å². The molecule has 2 rings (SSSR count). The van der Waals surface area contributed by atoms with Crippen LogP contribution in [0.15, 0.2) is 53.4 Å². The second-order valence-electron chi connectivity index (χ2n) is 4.77. The molecule has 1 atom stereocenters. The van der Waals surface area contributed by atoms with Crippen LogP contribution in [0.25, 0.3) is 0 Å². The zero-order valence-corrected chi connectivity index (χ0v) is 13.2. The highest BCUT2D eigenvalue weighted by atomic mass is 32.2. The van der Waals surface area contributed by atoms with Crippen molar-refractivity contribution >= 4 is 23.4 Å². The number of aliphatic hydroxyl groups is 1. The van der Waals surface area contributed by atoms with Crippen molar-refractivity contribution < 1.29 is 14.8 Å². The molecule has 1 unspecified atom stereocenters. The Balaban J connectivity index is 2.02. The average Bonchev–Trinajstić information content (AvgIpc) is 2.59. The molecule has 1 amide bonds. The third-order valence-electron chi connectivity index (χ3n) is 3.30. The number of para-hydroxylation sites is 1. The number of amides is 1. The maximum Gasteiger partial charge on any atom is 0.282 e. The lowest BCUT2D eigenvalue weighted by Gasteiger charge is -2.13. The number of rotatable bonds is 6. The van der Waals surface area contributed by atoms with E-state index in [9.17, 15) is 20.0 Å². The van der Waals surface area contributed by atoms with Gasteiger partial charge in [-0.05, 0) is 30.0 Å². The Bertz CT molecular complexity index is 703. The number of carbonyl (C=O) groups is 1. The van der Waals surface area contributed by atoms with Crippen molar-refractivity contribution in [2.75, 3.05) is 12.8 Å². The quantitative estimate of drug-likeness (QED) is 0.482. The zero-order valence-electron chi connectivity index (χ0n) is 12.4. The fraction of sp³-hybridized carbons (Fsp3) is 0.188. The Morgan fingerprint density at radius 1 is 1.26 bits per heavy atom. The first-order valence-electron chi connectivity index (χ1n) is 6.86. The van der Waals surface area contributed by atoms with Gasteiger partial charge in [-0.25, -0.2) is 0 Å². The summed E-state index contributed by atoms with van der Waals surface area (Å²) in [5.74, 6) is -0.586. The Morgan fingerprint density at radius 2 is 1.91 bits per heavy atom. The average molecular weight is 332 g/mol. The molecule has 23 heavy (non-hydrogen) atoms. The van der Waals surface area contributed by atoms with E-state index >= 15 is 0 Å². The van der Waals surface area contributed by atoms with Gasteiger partial charge in [0, 0.05) is 17.5 Å². The van der Waals surface area contributed by atoms with Gasteiger partial charge in [0.05, 0.1) is 11.0 Å². The zero-order chi connectivity index (χ0) is 16.8. The monoisotopic (exact) mass is 332 g/mol. The molecule has 0 saturated heterocycles. The van der Waals surface area contributed by atoms with E-state index in [2.05, 4.69) is 5.32 Å². The number of benzene rings is 2. The van der Waals surface area contributed by atoms with E-state index in [1.807, 2.05) is 18.4 Å². The molecule has 0 spiro atoms. The normalized spacial score (nSPS) is 11.7. The van der Waals surface area contributed by atoms with E-state index in [0.717, 1.165) is 4.90 Å². The van der Waals surface area contributed by atoms with Gasteiger partial charge in [0.2, 0.25) is 0 Å². The van der Waals surface area contributed by atoms with Crippen LogP contribution in [-0.4, -0.2) is 28.7 Å². The van der Waals surface area contributed by atoms with Gasteiger partial charge in [0.15, 0.2) is 0 Å². The minimum Gasteiger partial charge on any atom is -0.387 e. The van der Waals surface area contributed by atoms with Crippen LogP contribution in [0.4, 0.5) is 5.69 Å². The predicted octanol–water partition coefficient (Wildman–Crippen LogP) is 2.78. The van der Waals surface area contributed by atoms with Crippen molar-refractivity contribution in [3.63, 3.8) is 0 Å². The fourth-order valence-electron chi connectivity index (χ4n) is 2.05. The number of aliphatic hydroxyl groups excluding tert-OH is 1. The van der Waals surface area contributed by atoms with Crippen LogP contribution < -0.4 is 5.32 Å². The maximum absolute atomic E-state index is 12.1. The van der Waals surface area contributed by atoms with E-state index in [4.69, 9.17) is 0 Å². The molecule has 0 aliphatic rings. The summed E-state index contributed by atoms with van der Waals surface area (Å²) in [7, 11) is 0. The van der Waals surface area contributed by atoms with Crippen LogP contribution in [0.3, 0.4) is 0 Å². The predicted molar refractivity (Wildman–Crippen MR) is 88.6 cm³/mol. The molecule has 0 aliphatic heterocycles. The van der Waals surface area contributed by atoms with Crippen LogP contribution in [0.2, 0.25) is 0 Å². The largest absolute Gasteiger partial charge is 0.387 e. The second-order valence-corrected chi connectivity index (χ2v) is 5.65. The molecule has 0 saturated carbocycles. The maximum atomic E-state index is 12.1. The number of carbonyl (C=O) groups excluding carboxylic acids is 1. The number of nitro benzene ring substituents is 1. The lowest BCUT2D eigenvalue weighted by molar-refractivity contribution is -0.385. The van der Waals surface area contributed by atoms with Crippen molar-refractivity contribution in [1.29, 1.82) is 0 Å². The lowest BCUT2D eigenvalue weighted by Crippen LogP contribution is -2.28. The third kappa shape index (κ3) is 4.30. The summed E-state index contributed by atoms with van der Waals surface area (Å²) < 4.78 is 0. The van der Waals surface area contributed by atoms with Crippen LogP contribution in [0, 0.1) is 10.1 Å². The van der Waals surface area contributed by atoms with Crippen LogP contribution in [0.5, 0.6) is 0 Å². The number of hydrogen-bond donors (Lipinski definition) is 2. The minimum atomic E-state index is -0.877. The van der Waals surface area contributed by atoms with Crippen molar-refractivity contribution in [2.24, 2.45) is 0 Å². The van der Waals surface area contributed by atoms with E-state index in [0.29, 0.717) is 5.56 Å². The molecular formula is C16H16N2O4S. The Hall–Kier alpha value is -2.38. The molecule has 0 fully saturated rings. The standard InChI is InChI=1S/C16H16N2O4S/c1-23-12-8-6-11(7-9-12)15(19)10-17-16(20)13-4-2-3-5-14(13)18(21)22/h2-9,15,19H,10H2,1H3,(H,17,20). The highest BCUT2D eigenvalue weighted by Crippen LogP contribution is 2.20. The smallest absolute Gasteiger partial charge is 0.282 e. The number of nitrogens with one attached hydrogen (secondary N) is 1. The molecule has 0 radical (unpaired) electrons. The summed E-state index contributed by atoms with van der Waals surface area (Å²) in [6.07, 6.45) is 1.08. The number of nitrogens with zero attached hydrogens (tertiary/aromatic N) is 1. The number of nitro groups is 1. The SMILES string of the molecule is CSc1ccc(C(O)CNC(=O)c2ccccc2[N+](=O)[O-])cc1. The molecule has 0 heterocycles. The van der Waals surface area contributed by atoms with Crippen LogP contribution in [0.1, 0.15) is 22.0 Å². The lowest BCUT2D eigenvalue weighted by atomic mass is 10.1. The molecule has 2 aromatic rings. The first-order valence-corrected chi connectivity index (χ1v) is 8.09. The van der Waals surface area contributed by atoms with Crippen LogP contribution >= 0.6 is 11.8 Å². The first-order chi connectivity index (χ1) is 11.0. The number of thioether (sulfide) groups is 1.